The Bertz CT molecular complexity index is 874. The topological polar surface area (TPSA) is 56.2 Å². The van der Waals surface area contributed by atoms with Gasteiger partial charge in [-0.2, -0.15) is 5.10 Å². The minimum Gasteiger partial charge on any atom is -0.474 e. The number of aryl methyl sites for hydroxylation is 2. The lowest BCUT2D eigenvalue weighted by atomic mass is 9.96. The Morgan fingerprint density at radius 2 is 2.19 bits per heavy atom. The van der Waals surface area contributed by atoms with E-state index in [0.29, 0.717) is 29.0 Å². The summed E-state index contributed by atoms with van der Waals surface area (Å²) in [6.07, 6.45) is 1.27. The molecule has 1 aliphatic carbocycles. The minimum atomic E-state index is -1.19. The van der Waals surface area contributed by atoms with Crippen molar-refractivity contribution in [2.24, 2.45) is 0 Å². The normalized spacial score (nSPS) is 19.0. The molecule has 2 aromatic rings. The Morgan fingerprint density at radius 1 is 1.42 bits per heavy atom. The Morgan fingerprint density at radius 3 is 2.88 bits per heavy atom. The fourth-order valence-corrected chi connectivity index (χ4v) is 3.29. The zero-order chi connectivity index (χ0) is 18.4. The molecule has 5 nitrogen and oxygen atoms in total. The molecule has 0 bridgehead atoms. The predicted molar refractivity (Wildman–Crippen MR) is 92.6 cm³/mol. The average molecular weight is 361 g/mol. The molecule has 0 spiro atoms. The van der Waals surface area contributed by atoms with Gasteiger partial charge in [0.25, 0.3) is 5.91 Å². The van der Waals surface area contributed by atoms with Crippen molar-refractivity contribution in [3.63, 3.8) is 0 Å². The molecule has 1 amide bonds. The number of aromatic nitrogens is 2. The molecular formula is C19H21F2N3O2. The zero-order valence-electron chi connectivity index (χ0n) is 14.8. The van der Waals surface area contributed by atoms with E-state index in [1.807, 2.05) is 13.8 Å². The molecule has 0 saturated heterocycles. The van der Waals surface area contributed by atoms with Crippen LogP contribution in [0.2, 0.25) is 0 Å². The third kappa shape index (κ3) is 2.95. The second-order valence-corrected chi connectivity index (χ2v) is 6.98. The van der Waals surface area contributed by atoms with E-state index >= 15 is 0 Å². The van der Waals surface area contributed by atoms with E-state index in [0.717, 1.165) is 18.4 Å². The molecule has 1 aliphatic heterocycles. The molecule has 1 atom stereocenters. The van der Waals surface area contributed by atoms with E-state index < -0.39 is 6.17 Å². The number of carbonyl (C=O) groups is 1. The number of nitrogens with zero attached hydrogens (tertiary/aromatic N) is 2. The van der Waals surface area contributed by atoms with Crippen LogP contribution in [0.15, 0.2) is 12.1 Å². The van der Waals surface area contributed by atoms with Crippen molar-refractivity contribution >= 4 is 5.91 Å². The van der Waals surface area contributed by atoms with Gasteiger partial charge >= 0.3 is 0 Å². The van der Waals surface area contributed by atoms with E-state index in [4.69, 9.17) is 4.74 Å². The number of carbonyl (C=O) groups excluding carboxylic acids is 1. The molecule has 0 radical (unpaired) electrons. The molecule has 1 unspecified atom stereocenters. The number of ether oxygens (including phenoxy) is 1. The Balaban J connectivity index is 1.86. The Hall–Kier alpha value is -2.44. The third-order valence-corrected chi connectivity index (χ3v) is 4.85. The molecule has 1 fully saturated rings. The highest BCUT2D eigenvalue weighted by Gasteiger charge is 2.33. The largest absolute Gasteiger partial charge is 0.474 e. The van der Waals surface area contributed by atoms with E-state index in [9.17, 15) is 13.6 Å². The highest BCUT2D eigenvalue weighted by Crippen LogP contribution is 2.39. The molecule has 4 rings (SSSR count). The highest BCUT2D eigenvalue weighted by atomic mass is 19.1. The summed E-state index contributed by atoms with van der Waals surface area (Å²) in [5, 5.41) is 7.19. The van der Waals surface area contributed by atoms with Crippen LogP contribution in [0.5, 0.6) is 5.88 Å². The number of alkyl halides is 1. The lowest BCUT2D eigenvalue weighted by Crippen LogP contribution is -2.27. The van der Waals surface area contributed by atoms with E-state index in [1.54, 1.807) is 6.07 Å². The molecule has 138 valence electrons. The van der Waals surface area contributed by atoms with Crippen molar-refractivity contribution in [2.75, 3.05) is 6.61 Å². The number of halogens is 2. The second kappa shape index (κ2) is 6.37. The van der Waals surface area contributed by atoms with Gasteiger partial charge in [0.1, 0.15) is 12.4 Å². The van der Waals surface area contributed by atoms with E-state index in [2.05, 4.69) is 10.4 Å². The first-order valence-electron chi connectivity index (χ1n) is 8.95. The molecular weight excluding hydrogens is 340 g/mol. The van der Waals surface area contributed by atoms with Crippen LogP contribution in [0.1, 0.15) is 41.4 Å². The van der Waals surface area contributed by atoms with E-state index in [-0.39, 0.29) is 36.6 Å². The van der Waals surface area contributed by atoms with Gasteiger partial charge in [0, 0.05) is 6.04 Å². The smallest absolute Gasteiger partial charge is 0.272 e. The lowest BCUT2D eigenvalue weighted by Gasteiger charge is -2.20. The lowest BCUT2D eigenvalue weighted by molar-refractivity contribution is 0.0944. The predicted octanol–water partition coefficient (Wildman–Crippen LogP) is 3.18. The van der Waals surface area contributed by atoms with Crippen LogP contribution in [-0.2, 0) is 13.0 Å². The molecule has 1 aromatic heterocycles. The van der Waals surface area contributed by atoms with Gasteiger partial charge in [-0.1, -0.05) is 13.0 Å². The molecule has 2 heterocycles. The van der Waals surface area contributed by atoms with Gasteiger partial charge in [-0.05, 0) is 48.9 Å². The number of hydrogen-bond donors (Lipinski definition) is 1. The van der Waals surface area contributed by atoms with E-state index in [1.165, 1.54) is 10.7 Å². The third-order valence-electron chi connectivity index (χ3n) is 4.85. The summed E-state index contributed by atoms with van der Waals surface area (Å²) in [7, 11) is 0. The van der Waals surface area contributed by atoms with Crippen LogP contribution in [0, 0.1) is 12.7 Å². The SMILES string of the molecule is CCc1cc(C)c(-c2c(C(=O)NC3CC3)nn3c2OCC(F)C3)cc1F. The van der Waals surface area contributed by atoms with Crippen LogP contribution >= 0.6 is 0 Å². The van der Waals surface area contributed by atoms with Gasteiger partial charge in [0.05, 0.1) is 12.1 Å². The van der Waals surface area contributed by atoms with Crippen LogP contribution in [0.3, 0.4) is 0 Å². The van der Waals surface area contributed by atoms with Crippen molar-refractivity contribution in [3.8, 4) is 17.0 Å². The molecule has 1 saturated carbocycles. The maximum absolute atomic E-state index is 14.4. The second-order valence-electron chi connectivity index (χ2n) is 6.98. The molecule has 26 heavy (non-hydrogen) atoms. The summed E-state index contributed by atoms with van der Waals surface area (Å²) < 4.78 is 35.1. The standard InChI is InChI=1S/C19H21F2N3O2/c1-3-11-6-10(2)14(7-15(11)21)16-17(18(25)22-13-4-5-13)23-24-8-12(20)9-26-19(16)24/h6-7,12-13H,3-5,8-9H2,1-2H3,(H,22,25). The number of amides is 1. The number of nitrogens with one attached hydrogen (secondary N) is 1. The summed E-state index contributed by atoms with van der Waals surface area (Å²) in [4.78, 5) is 12.7. The fourth-order valence-electron chi connectivity index (χ4n) is 3.29. The van der Waals surface area contributed by atoms with Crippen LogP contribution in [0.25, 0.3) is 11.1 Å². The monoisotopic (exact) mass is 361 g/mol. The maximum Gasteiger partial charge on any atom is 0.272 e. The zero-order valence-corrected chi connectivity index (χ0v) is 14.8. The molecule has 7 heteroatoms. The van der Waals surface area contributed by atoms with Crippen LogP contribution < -0.4 is 10.1 Å². The summed E-state index contributed by atoms with van der Waals surface area (Å²) in [6, 6.07) is 3.35. The highest BCUT2D eigenvalue weighted by molar-refractivity contribution is 6.01. The minimum absolute atomic E-state index is 0.0214. The van der Waals surface area contributed by atoms with Crippen molar-refractivity contribution in [1.82, 2.24) is 15.1 Å². The summed E-state index contributed by atoms with van der Waals surface area (Å²) in [5.41, 5.74) is 2.59. The van der Waals surface area contributed by atoms with Gasteiger partial charge in [-0.15, -0.1) is 0 Å². The maximum atomic E-state index is 14.4. The summed E-state index contributed by atoms with van der Waals surface area (Å²) >= 11 is 0. The molecule has 1 N–H and O–H groups in total. The number of rotatable bonds is 4. The van der Waals surface area contributed by atoms with Gasteiger partial charge in [-0.25, -0.2) is 13.5 Å². The van der Waals surface area contributed by atoms with Crippen LogP contribution in [-0.4, -0.2) is 34.5 Å². The fraction of sp³-hybridized carbons (Fsp3) is 0.474. The average Bonchev–Trinajstić information content (AvgIpc) is 3.34. The van der Waals surface area contributed by atoms with Crippen molar-refractivity contribution in [1.29, 1.82) is 0 Å². The summed E-state index contributed by atoms with van der Waals surface area (Å²) in [6.45, 7) is 3.67. The van der Waals surface area contributed by atoms with Crippen molar-refractivity contribution in [3.05, 3.63) is 34.8 Å². The van der Waals surface area contributed by atoms with Crippen molar-refractivity contribution < 1.29 is 18.3 Å². The van der Waals surface area contributed by atoms with Gasteiger partial charge in [0.2, 0.25) is 5.88 Å². The van der Waals surface area contributed by atoms with Crippen molar-refractivity contribution in [2.45, 2.75) is 51.9 Å². The van der Waals surface area contributed by atoms with Gasteiger partial charge < -0.3 is 10.1 Å². The number of hydrogen-bond acceptors (Lipinski definition) is 3. The number of fused-ring (bicyclic) bond motifs is 1. The summed E-state index contributed by atoms with van der Waals surface area (Å²) in [5.74, 6) is -0.338. The van der Waals surface area contributed by atoms with Gasteiger partial charge in [0.15, 0.2) is 11.9 Å². The van der Waals surface area contributed by atoms with Gasteiger partial charge in [-0.3, -0.25) is 4.79 Å². The first-order chi connectivity index (χ1) is 12.5. The molecule has 1 aromatic carbocycles. The Kier molecular flexibility index (Phi) is 4.17. The van der Waals surface area contributed by atoms with Crippen LogP contribution in [0.4, 0.5) is 8.78 Å². The molecule has 2 aliphatic rings. The first kappa shape index (κ1) is 17.0. The Labute approximate surface area is 150 Å². The number of benzene rings is 1. The quantitative estimate of drug-likeness (QED) is 0.910. The first-order valence-corrected chi connectivity index (χ1v) is 8.95.